The van der Waals surface area contributed by atoms with Gasteiger partial charge in [0.2, 0.25) is 0 Å². The van der Waals surface area contributed by atoms with Gasteiger partial charge in [-0.2, -0.15) is 0 Å². The van der Waals surface area contributed by atoms with E-state index < -0.39 is 11.2 Å². The second-order valence-corrected chi connectivity index (χ2v) is 9.45. The predicted molar refractivity (Wildman–Crippen MR) is 92.6 cm³/mol. The van der Waals surface area contributed by atoms with Gasteiger partial charge in [0, 0.05) is 0 Å². The van der Waals surface area contributed by atoms with E-state index in [1.807, 2.05) is 13.8 Å². The molecule has 0 aromatic heterocycles. The van der Waals surface area contributed by atoms with Crippen LogP contribution in [-0.2, 0) is 0 Å². The van der Waals surface area contributed by atoms with Crippen molar-refractivity contribution in [3.63, 3.8) is 0 Å². The van der Waals surface area contributed by atoms with E-state index in [9.17, 15) is 10.2 Å². The quantitative estimate of drug-likeness (QED) is 0.739. The van der Waals surface area contributed by atoms with Crippen molar-refractivity contribution < 1.29 is 10.2 Å². The summed E-state index contributed by atoms with van der Waals surface area (Å²) in [6.07, 6.45) is 8.96. The van der Waals surface area contributed by atoms with Crippen LogP contribution in [0.25, 0.3) is 0 Å². The molecular weight excluding hydrogens is 272 g/mol. The normalized spacial score (nSPS) is 44.0. The molecule has 22 heavy (non-hydrogen) atoms. The van der Waals surface area contributed by atoms with Crippen molar-refractivity contribution in [3.8, 4) is 0 Å². The van der Waals surface area contributed by atoms with Gasteiger partial charge in [-0.25, -0.2) is 0 Å². The van der Waals surface area contributed by atoms with Crippen LogP contribution in [0.4, 0.5) is 0 Å². The molecule has 2 rings (SSSR count). The van der Waals surface area contributed by atoms with E-state index in [1.54, 1.807) is 6.08 Å². The lowest BCUT2D eigenvalue weighted by Crippen LogP contribution is -2.57. The fourth-order valence-corrected chi connectivity index (χ4v) is 5.80. The number of rotatable bonds is 4. The van der Waals surface area contributed by atoms with E-state index >= 15 is 0 Å². The number of aliphatic hydroxyl groups is 2. The van der Waals surface area contributed by atoms with Crippen LogP contribution in [0.15, 0.2) is 12.7 Å². The van der Waals surface area contributed by atoms with Crippen LogP contribution in [0.5, 0.6) is 0 Å². The molecule has 2 aliphatic carbocycles. The monoisotopic (exact) mass is 308 g/mol. The first-order valence-corrected chi connectivity index (χ1v) is 9.03. The van der Waals surface area contributed by atoms with Crippen LogP contribution < -0.4 is 0 Å². The molecule has 2 fully saturated rings. The van der Waals surface area contributed by atoms with Gasteiger partial charge in [-0.1, -0.05) is 33.3 Å². The largest absolute Gasteiger partial charge is 0.390 e. The van der Waals surface area contributed by atoms with Crippen LogP contribution in [0.1, 0.15) is 79.6 Å². The first-order chi connectivity index (χ1) is 9.95. The Balaban J connectivity index is 2.28. The first kappa shape index (κ1) is 18.0. The van der Waals surface area contributed by atoms with Gasteiger partial charge >= 0.3 is 0 Å². The van der Waals surface area contributed by atoms with Gasteiger partial charge in [-0.05, 0) is 75.0 Å². The highest BCUT2D eigenvalue weighted by Gasteiger charge is 2.57. The molecule has 0 heterocycles. The second kappa shape index (κ2) is 5.63. The van der Waals surface area contributed by atoms with Crippen molar-refractivity contribution >= 4 is 0 Å². The zero-order chi connectivity index (χ0) is 16.8. The first-order valence-electron chi connectivity index (χ1n) is 9.03. The number of hydrogen-bond donors (Lipinski definition) is 2. The lowest BCUT2D eigenvalue weighted by Gasteiger charge is -2.61. The minimum atomic E-state index is -0.830. The van der Waals surface area contributed by atoms with Crippen molar-refractivity contribution in [1.82, 2.24) is 0 Å². The Bertz CT molecular complexity index is 421. The molecule has 0 amide bonds. The molecule has 0 aromatic rings. The maximum Gasteiger partial charge on any atom is 0.0797 e. The van der Waals surface area contributed by atoms with E-state index in [0.717, 1.165) is 19.3 Å². The summed E-state index contributed by atoms with van der Waals surface area (Å²) in [4.78, 5) is 0. The van der Waals surface area contributed by atoms with Crippen molar-refractivity contribution in [1.29, 1.82) is 0 Å². The molecule has 0 bridgehead atoms. The minimum absolute atomic E-state index is 0.181. The second-order valence-electron chi connectivity index (χ2n) is 9.45. The maximum absolute atomic E-state index is 11.1. The van der Waals surface area contributed by atoms with E-state index in [0.29, 0.717) is 17.8 Å². The minimum Gasteiger partial charge on any atom is -0.390 e. The summed E-state index contributed by atoms with van der Waals surface area (Å²) in [6, 6.07) is 0. The summed E-state index contributed by atoms with van der Waals surface area (Å²) in [5.74, 6) is 0.928. The topological polar surface area (TPSA) is 40.5 Å². The van der Waals surface area contributed by atoms with Crippen LogP contribution in [0.3, 0.4) is 0 Å². The van der Waals surface area contributed by atoms with E-state index in [4.69, 9.17) is 0 Å². The molecule has 5 atom stereocenters. The summed E-state index contributed by atoms with van der Waals surface area (Å²) in [6.45, 7) is 14.8. The number of hydrogen-bond acceptors (Lipinski definition) is 2. The lowest BCUT2D eigenvalue weighted by molar-refractivity contribution is -0.171. The average Bonchev–Trinajstić information content (AvgIpc) is 2.35. The summed E-state index contributed by atoms with van der Waals surface area (Å²) < 4.78 is 0. The van der Waals surface area contributed by atoms with Crippen molar-refractivity contribution in [3.05, 3.63) is 12.7 Å². The van der Waals surface area contributed by atoms with E-state index in [1.165, 1.54) is 19.3 Å². The van der Waals surface area contributed by atoms with E-state index in [-0.39, 0.29) is 11.3 Å². The van der Waals surface area contributed by atoms with Gasteiger partial charge < -0.3 is 10.2 Å². The molecule has 2 saturated carbocycles. The Hall–Kier alpha value is -0.340. The van der Waals surface area contributed by atoms with Gasteiger partial charge in [0.15, 0.2) is 0 Å². The molecular formula is C20H36O2. The Labute approximate surface area is 137 Å². The lowest BCUT2D eigenvalue weighted by atomic mass is 9.45. The van der Waals surface area contributed by atoms with Gasteiger partial charge in [-0.15, -0.1) is 6.58 Å². The van der Waals surface area contributed by atoms with Gasteiger partial charge in [0.05, 0.1) is 11.2 Å². The zero-order valence-corrected chi connectivity index (χ0v) is 15.3. The Morgan fingerprint density at radius 2 is 1.82 bits per heavy atom. The molecule has 2 heteroatoms. The Morgan fingerprint density at radius 3 is 2.41 bits per heavy atom. The van der Waals surface area contributed by atoms with Crippen molar-refractivity contribution in [2.24, 2.45) is 22.7 Å². The standard InChI is InChI=1S/C20H36O2/c1-7-18(4,21)13-9-16-19(5)12-8-11-17(2,3)15(19)10-14-20(16,6)22/h7,15-16,21-22H,1,8-14H2,2-6H3/t15?,16?,18?,19-,20+/m0/s1. The predicted octanol–water partition coefficient (Wildman–Crippen LogP) is 4.70. The smallest absolute Gasteiger partial charge is 0.0797 e. The third kappa shape index (κ3) is 3.14. The molecule has 0 radical (unpaired) electrons. The molecule has 0 aromatic carbocycles. The highest BCUT2D eigenvalue weighted by molar-refractivity contribution is 5.08. The summed E-state index contributed by atoms with van der Waals surface area (Å²) in [5.41, 5.74) is -0.900. The third-order valence-corrected chi connectivity index (χ3v) is 7.14. The summed E-state index contributed by atoms with van der Waals surface area (Å²) >= 11 is 0. The van der Waals surface area contributed by atoms with Crippen LogP contribution in [-0.4, -0.2) is 21.4 Å². The number of fused-ring (bicyclic) bond motifs is 1. The fraction of sp³-hybridized carbons (Fsp3) is 0.900. The molecule has 3 unspecified atom stereocenters. The third-order valence-electron chi connectivity index (χ3n) is 7.14. The Kier molecular flexibility index (Phi) is 4.61. The van der Waals surface area contributed by atoms with E-state index in [2.05, 4.69) is 27.4 Å². The fourth-order valence-electron chi connectivity index (χ4n) is 5.80. The van der Waals surface area contributed by atoms with Gasteiger partial charge in [-0.3, -0.25) is 0 Å². The maximum atomic E-state index is 11.1. The van der Waals surface area contributed by atoms with Gasteiger partial charge in [0.1, 0.15) is 0 Å². The SMILES string of the molecule is C=CC(C)(O)CCC1[C@@]2(C)CCCC(C)(C)C2CC[C@@]1(C)O. The highest BCUT2D eigenvalue weighted by atomic mass is 16.3. The summed E-state index contributed by atoms with van der Waals surface area (Å²) in [7, 11) is 0. The molecule has 2 nitrogen and oxygen atoms in total. The van der Waals surface area contributed by atoms with Crippen LogP contribution in [0, 0.1) is 22.7 Å². The highest BCUT2D eigenvalue weighted by Crippen LogP contribution is 2.63. The molecule has 128 valence electrons. The molecule has 0 spiro atoms. The van der Waals surface area contributed by atoms with Crippen LogP contribution in [0.2, 0.25) is 0 Å². The molecule has 2 N–H and O–H groups in total. The average molecular weight is 309 g/mol. The molecule has 0 aliphatic heterocycles. The molecule has 0 saturated heterocycles. The van der Waals surface area contributed by atoms with Crippen molar-refractivity contribution in [2.75, 3.05) is 0 Å². The Morgan fingerprint density at radius 1 is 1.18 bits per heavy atom. The zero-order valence-electron chi connectivity index (χ0n) is 15.3. The summed E-state index contributed by atoms with van der Waals surface area (Å²) in [5, 5.41) is 21.4. The van der Waals surface area contributed by atoms with Crippen LogP contribution >= 0.6 is 0 Å². The van der Waals surface area contributed by atoms with Crippen molar-refractivity contribution in [2.45, 2.75) is 90.8 Å². The van der Waals surface area contributed by atoms with Gasteiger partial charge in [0.25, 0.3) is 0 Å². The molecule has 2 aliphatic rings.